The number of fused-ring (bicyclic) bond motifs is 1. The van der Waals surface area contributed by atoms with E-state index in [9.17, 15) is 13.4 Å². The van der Waals surface area contributed by atoms with Crippen LogP contribution in [0.2, 0.25) is 0 Å². The lowest BCUT2D eigenvalue weighted by molar-refractivity contribution is 0.0701. The minimum Gasteiger partial charge on any atom is -0.477 e. The zero-order valence-corrected chi connectivity index (χ0v) is 10.5. The second-order valence-electron chi connectivity index (χ2n) is 3.55. The van der Waals surface area contributed by atoms with Crippen molar-refractivity contribution in [3.63, 3.8) is 0 Å². The zero-order valence-electron chi connectivity index (χ0n) is 8.90. The lowest BCUT2D eigenvalue weighted by Crippen LogP contribution is -2.01. The number of carbonyl (C=O) groups is 1. The summed E-state index contributed by atoms with van der Waals surface area (Å²) in [7, 11) is -1.21. The molecule has 0 spiro atoms. The Kier molecular flexibility index (Phi) is 3.26. The molecule has 3 nitrogen and oxygen atoms in total. The van der Waals surface area contributed by atoms with E-state index in [0.717, 1.165) is 11.3 Å². The van der Waals surface area contributed by atoms with Crippen LogP contribution in [0.15, 0.2) is 18.2 Å². The molecular weight excluding hydrogens is 263 g/mol. The monoisotopic (exact) mass is 272 g/mol. The predicted molar refractivity (Wildman–Crippen MR) is 66.5 cm³/mol. The topological polar surface area (TPSA) is 54.4 Å². The van der Waals surface area contributed by atoms with Gasteiger partial charge in [-0.05, 0) is 12.1 Å². The number of halogens is 1. The molecule has 1 unspecified atom stereocenters. The summed E-state index contributed by atoms with van der Waals surface area (Å²) < 4.78 is 25.5. The van der Waals surface area contributed by atoms with Crippen LogP contribution >= 0.6 is 11.3 Å². The molecule has 0 aliphatic heterocycles. The minimum absolute atomic E-state index is 0.0581. The van der Waals surface area contributed by atoms with E-state index in [4.69, 9.17) is 5.11 Å². The van der Waals surface area contributed by atoms with Gasteiger partial charge in [-0.1, -0.05) is 6.07 Å². The van der Waals surface area contributed by atoms with Crippen molar-refractivity contribution < 1.29 is 18.5 Å². The number of hydrogen-bond donors (Lipinski definition) is 1. The van der Waals surface area contributed by atoms with Gasteiger partial charge in [0.05, 0.1) is 5.75 Å². The molecular formula is C11H9FO3S2. The Bertz CT molecular complexity index is 618. The normalized spacial score (nSPS) is 12.8. The van der Waals surface area contributed by atoms with E-state index >= 15 is 0 Å². The molecule has 0 amide bonds. The molecule has 1 N–H and O–H groups in total. The Labute approximate surface area is 103 Å². The van der Waals surface area contributed by atoms with Gasteiger partial charge >= 0.3 is 5.97 Å². The first-order chi connectivity index (χ1) is 8.00. The van der Waals surface area contributed by atoms with Crippen LogP contribution in [0.4, 0.5) is 4.39 Å². The van der Waals surface area contributed by atoms with Crippen molar-refractivity contribution in [3.8, 4) is 0 Å². The van der Waals surface area contributed by atoms with Gasteiger partial charge in [0, 0.05) is 32.7 Å². The van der Waals surface area contributed by atoms with Crippen LogP contribution in [0.1, 0.15) is 15.2 Å². The number of carboxylic acid groups (broad SMARTS) is 1. The highest BCUT2D eigenvalue weighted by Crippen LogP contribution is 2.33. The molecule has 6 heteroatoms. The number of benzene rings is 1. The van der Waals surface area contributed by atoms with Gasteiger partial charge in [-0.25, -0.2) is 9.18 Å². The van der Waals surface area contributed by atoms with Crippen molar-refractivity contribution in [2.75, 3.05) is 6.26 Å². The Morgan fingerprint density at radius 2 is 2.24 bits per heavy atom. The van der Waals surface area contributed by atoms with E-state index in [1.165, 1.54) is 18.4 Å². The van der Waals surface area contributed by atoms with Gasteiger partial charge in [-0.2, -0.15) is 0 Å². The maximum atomic E-state index is 13.7. The summed E-state index contributed by atoms with van der Waals surface area (Å²) in [6.45, 7) is 0. The lowest BCUT2D eigenvalue weighted by Gasteiger charge is -1.99. The van der Waals surface area contributed by atoms with Crippen molar-refractivity contribution in [2.45, 2.75) is 5.75 Å². The Balaban J connectivity index is 2.77. The number of aromatic carboxylic acids is 1. The summed E-state index contributed by atoms with van der Waals surface area (Å²) in [6.07, 6.45) is 1.47. The minimum atomic E-state index is -1.21. The maximum Gasteiger partial charge on any atom is 0.346 e. The number of thiophene rings is 1. The summed E-state index contributed by atoms with van der Waals surface area (Å²) in [4.78, 5) is 11.1. The standard InChI is InChI=1S/C11H9FO3S2/c1-17(15)5-6-9-7(12)3-2-4-8(9)16-10(6)11(13)14/h2-4H,5H2,1H3,(H,13,14). The van der Waals surface area contributed by atoms with Crippen LogP contribution < -0.4 is 0 Å². The van der Waals surface area contributed by atoms with Crippen molar-refractivity contribution >= 4 is 38.2 Å². The molecule has 1 heterocycles. The highest BCUT2D eigenvalue weighted by molar-refractivity contribution is 7.83. The van der Waals surface area contributed by atoms with Crippen LogP contribution in [0.25, 0.3) is 10.1 Å². The van der Waals surface area contributed by atoms with Crippen LogP contribution in [-0.4, -0.2) is 21.5 Å². The molecule has 2 rings (SSSR count). The van der Waals surface area contributed by atoms with Gasteiger partial charge in [-0.3, -0.25) is 4.21 Å². The molecule has 0 saturated carbocycles. The molecule has 0 aliphatic rings. The Morgan fingerprint density at radius 3 is 2.82 bits per heavy atom. The fourth-order valence-electron chi connectivity index (χ4n) is 1.68. The first-order valence-corrected chi connectivity index (χ1v) is 7.28. The molecule has 2 aromatic rings. The van der Waals surface area contributed by atoms with Crippen molar-refractivity contribution in [1.29, 1.82) is 0 Å². The zero-order chi connectivity index (χ0) is 12.6. The molecule has 0 bridgehead atoms. The van der Waals surface area contributed by atoms with Crippen LogP contribution in [-0.2, 0) is 16.6 Å². The molecule has 0 aliphatic carbocycles. The third-order valence-corrected chi connectivity index (χ3v) is 4.19. The van der Waals surface area contributed by atoms with Gasteiger partial charge in [-0.15, -0.1) is 11.3 Å². The van der Waals surface area contributed by atoms with Crippen LogP contribution in [0.5, 0.6) is 0 Å². The second kappa shape index (κ2) is 4.54. The second-order valence-corrected chi connectivity index (χ2v) is 6.03. The molecule has 1 aromatic carbocycles. The molecule has 0 radical (unpaired) electrons. The van der Waals surface area contributed by atoms with Crippen molar-refractivity contribution in [3.05, 3.63) is 34.5 Å². The van der Waals surface area contributed by atoms with E-state index in [2.05, 4.69) is 0 Å². The van der Waals surface area contributed by atoms with E-state index in [0.29, 0.717) is 10.3 Å². The SMILES string of the molecule is CS(=O)Cc1c(C(=O)O)sc2cccc(F)c12. The predicted octanol–water partition coefficient (Wildman–Crippen LogP) is 2.62. The molecule has 1 atom stereocenters. The summed E-state index contributed by atoms with van der Waals surface area (Å²) in [6, 6.07) is 4.48. The number of carboxylic acids is 1. The first kappa shape index (κ1) is 12.2. The lowest BCUT2D eigenvalue weighted by atomic mass is 10.1. The molecule has 90 valence electrons. The summed E-state index contributed by atoms with van der Waals surface area (Å²) in [5.74, 6) is -1.51. The van der Waals surface area contributed by atoms with E-state index < -0.39 is 22.6 Å². The van der Waals surface area contributed by atoms with Gasteiger partial charge < -0.3 is 5.11 Å². The summed E-state index contributed by atoms with van der Waals surface area (Å²) in [5.41, 5.74) is 0.330. The van der Waals surface area contributed by atoms with Gasteiger partial charge in [0.15, 0.2) is 0 Å². The van der Waals surface area contributed by atoms with Gasteiger partial charge in [0.2, 0.25) is 0 Å². The Morgan fingerprint density at radius 1 is 1.53 bits per heavy atom. The van der Waals surface area contributed by atoms with Gasteiger partial charge in [0.25, 0.3) is 0 Å². The van der Waals surface area contributed by atoms with E-state index in [1.54, 1.807) is 6.07 Å². The quantitative estimate of drug-likeness (QED) is 0.934. The van der Waals surface area contributed by atoms with Gasteiger partial charge in [0.1, 0.15) is 10.7 Å². The largest absolute Gasteiger partial charge is 0.477 e. The molecule has 0 saturated heterocycles. The third kappa shape index (κ3) is 2.23. The van der Waals surface area contributed by atoms with Crippen molar-refractivity contribution in [2.24, 2.45) is 0 Å². The Hall–Kier alpha value is -1.27. The number of hydrogen-bond acceptors (Lipinski definition) is 3. The average molecular weight is 272 g/mol. The molecule has 0 fully saturated rings. The summed E-state index contributed by atoms with van der Waals surface area (Å²) in [5, 5.41) is 9.34. The van der Waals surface area contributed by atoms with Crippen LogP contribution in [0, 0.1) is 5.82 Å². The highest BCUT2D eigenvalue weighted by Gasteiger charge is 2.20. The smallest absolute Gasteiger partial charge is 0.346 e. The van der Waals surface area contributed by atoms with Crippen LogP contribution in [0.3, 0.4) is 0 Å². The molecule has 17 heavy (non-hydrogen) atoms. The van der Waals surface area contributed by atoms with E-state index in [-0.39, 0.29) is 16.0 Å². The number of rotatable bonds is 3. The fourth-order valence-corrected chi connectivity index (χ4v) is 3.54. The average Bonchev–Trinajstić information content (AvgIpc) is 2.57. The third-order valence-electron chi connectivity index (χ3n) is 2.31. The molecule has 1 aromatic heterocycles. The summed E-state index contributed by atoms with van der Waals surface area (Å²) >= 11 is 1.01. The maximum absolute atomic E-state index is 13.7. The fraction of sp³-hybridized carbons (Fsp3) is 0.182. The first-order valence-electron chi connectivity index (χ1n) is 4.74. The van der Waals surface area contributed by atoms with Crippen molar-refractivity contribution in [1.82, 2.24) is 0 Å². The highest BCUT2D eigenvalue weighted by atomic mass is 32.2. The van der Waals surface area contributed by atoms with E-state index in [1.807, 2.05) is 0 Å².